The van der Waals surface area contributed by atoms with Gasteiger partial charge in [0.05, 0.1) is 5.69 Å². The third kappa shape index (κ3) is 1.87. The van der Waals surface area contributed by atoms with Crippen molar-refractivity contribution in [2.45, 2.75) is 13.0 Å². The number of anilines is 1. The molecule has 12 heavy (non-hydrogen) atoms. The van der Waals surface area contributed by atoms with E-state index in [1.165, 1.54) is 0 Å². The summed E-state index contributed by atoms with van der Waals surface area (Å²) in [6.45, 7) is 2.03. The predicted molar refractivity (Wildman–Crippen MR) is 51.1 cm³/mol. The molecule has 0 aliphatic carbocycles. The molecule has 3 nitrogen and oxygen atoms in total. The molecule has 1 rings (SSSR count). The van der Waals surface area contributed by atoms with Gasteiger partial charge in [-0.05, 0) is 25.6 Å². The summed E-state index contributed by atoms with van der Waals surface area (Å²) in [6, 6.07) is 2.08. The van der Waals surface area contributed by atoms with Crippen molar-refractivity contribution in [3.8, 4) is 0 Å². The molecule has 0 saturated heterocycles. The Morgan fingerprint density at radius 1 is 1.67 bits per heavy atom. The molecular weight excluding hydrogens is 174 g/mol. The largest absolute Gasteiger partial charge is 0.396 e. The molecule has 1 atom stereocenters. The lowest BCUT2D eigenvalue weighted by Crippen LogP contribution is -2.12. The van der Waals surface area contributed by atoms with Gasteiger partial charge in [-0.2, -0.15) is 0 Å². The van der Waals surface area contributed by atoms with Gasteiger partial charge in [0.2, 0.25) is 0 Å². The monoisotopic (exact) mass is 185 g/mol. The van der Waals surface area contributed by atoms with E-state index < -0.39 is 0 Å². The lowest BCUT2D eigenvalue weighted by atomic mass is 10.1. The minimum Gasteiger partial charge on any atom is -0.396 e. The van der Waals surface area contributed by atoms with Gasteiger partial charge in [0.25, 0.3) is 0 Å². The highest BCUT2D eigenvalue weighted by Gasteiger charge is 2.04. The Morgan fingerprint density at radius 3 is 2.83 bits per heavy atom. The number of hydrogen-bond acceptors (Lipinski definition) is 3. The molecule has 1 heterocycles. The zero-order valence-electron chi connectivity index (χ0n) is 7.13. The Hall–Kier alpha value is -0.800. The third-order valence-corrected chi connectivity index (χ3v) is 2.14. The van der Waals surface area contributed by atoms with Gasteiger partial charge in [0.1, 0.15) is 0 Å². The number of nitrogens with zero attached hydrogens (tertiary/aromatic N) is 1. The molecule has 0 bridgehead atoms. The molecule has 0 saturated carbocycles. The summed E-state index contributed by atoms with van der Waals surface area (Å²) in [4.78, 5) is 3.95. The van der Waals surface area contributed by atoms with Crippen molar-refractivity contribution in [2.24, 2.45) is 0 Å². The molecule has 1 aromatic rings. The van der Waals surface area contributed by atoms with Gasteiger partial charge in [-0.3, -0.25) is 0 Å². The fourth-order valence-electron chi connectivity index (χ4n) is 0.886. The Bertz CT molecular complexity index is 275. The fraction of sp³-hybridized carbons (Fsp3) is 0.375. The van der Waals surface area contributed by atoms with Crippen LogP contribution in [-0.4, -0.2) is 12.0 Å². The first-order valence-corrected chi connectivity index (χ1v) is 4.11. The van der Waals surface area contributed by atoms with Crippen LogP contribution in [0, 0.1) is 0 Å². The average molecular weight is 186 g/mol. The Labute approximate surface area is 76.9 Å². The van der Waals surface area contributed by atoms with Crippen LogP contribution in [0.4, 0.5) is 5.69 Å². The third-order valence-electron chi connectivity index (χ3n) is 1.82. The maximum absolute atomic E-state index is 5.67. The van der Waals surface area contributed by atoms with Crippen LogP contribution >= 0.6 is 11.6 Å². The molecule has 66 valence electrons. The van der Waals surface area contributed by atoms with Gasteiger partial charge in [-0.1, -0.05) is 11.6 Å². The van der Waals surface area contributed by atoms with Gasteiger partial charge in [0, 0.05) is 12.2 Å². The van der Waals surface area contributed by atoms with Gasteiger partial charge in [0.15, 0.2) is 5.15 Å². The SMILES string of the molecule is CN[C@@H](C)c1cnc(Cl)c(N)c1. The second-order valence-corrected chi connectivity index (χ2v) is 3.02. The van der Waals surface area contributed by atoms with Crippen molar-refractivity contribution in [1.82, 2.24) is 10.3 Å². The van der Waals surface area contributed by atoms with E-state index in [-0.39, 0.29) is 6.04 Å². The Kier molecular flexibility index (Phi) is 2.89. The number of pyridine rings is 1. The predicted octanol–water partition coefficient (Wildman–Crippen LogP) is 1.60. The molecule has 0 unspecified atom stereocenters. The van der Waals surface area contributed by atoms with Crippen LogP contribution in [0.2, 0.25) is 5.15 Å². The Morgan fingerprint density at radius 2 is 2.33 bits per heavy atom. The summed E-state index contributed by atoms with van der Waals surface area (Å²) in [5, 5.41) is 3.45. The summed E-state index contributed by atoms with van der Waals surface area (Å²) in [7, 11) is 1.88. The highest BCUT2D eigenvalue weighted by Crippen LogP contribution is 2.19. The van der Waals surface area contributed by atoms with Crippen molar-refractivity contribution >= 4 is 17.3 Å². The van der Waals surface area contributed by atoms with Crippen LogP contribution in [0.5, 0.6) is 0 Å². The molecule has 0 radical (unpaired) electrons. The summed E-state index contributed by atoms with van der Waals surface area (Å²) in [5.74, 6) is 0. The molecule has 4 heteroatoms. The van der Waals surface area contributed by atoms with Crippen LogP contribution < -0.4 is 11.1 Å². The Balaban J connectivity index is 2.96. The number of hydrogen-bond donors (Lipinski definition) is 2. The maximum Gasteiger partial charge on any atom is 0.151 e. The molecule has 0 aromatic carbocycles. The van der Waals surface area contributed by atoms with Gasteiger partial charge < -0.3 is 11.1 Å². The van der Waals surface area contributed by atoms with Crippen molar-refractivity contribution in [2.75, 3.05) is 12.8 Å². The molecule has 0 aliphatic heterocycles. The van der Waals surface area contributed by atoms with E-state index in [9.17, 15) is 0 Å². The highest BCUT2D eigenvalue weighted by atomic mass is 35.5. The molecule has 0 fully saturated rings. The van der Waals surface area contributed by atoms with Gasteiger partial charge in [-0.25, -0.2) is 4.98 Å². The van der Waals surface area contributed by atoms with E-state index >= 15 is 0 Å². The number of aromatic nitrogens is 1. The summed E-state index contributed by atoms with van der Waals surface area (Å²) in [5.41, 5.74) is 7.16. The first kappa shape index (κ1) is 9.29. The number of rotatable bonds is 2. The normalized spacial score (nSPS) is 12.9. The second kappa shape index (κ2) is 3.74. The highest BCUT2D eigenvalue weighted by molar-refractivity contribution is 6.31. The summed E-state index contributed by atoms with van der Waals surface area (Å²) >= 11 is 5.67. The van der Waals surface area contributed by atoms with Crippen LogP contribution in [0.25, 0.3) is 0 Å². The average Bonchev–Trinajstić information content (AvgIpc) is 2.08. The van der Waals surface area contributed by atoms with Gasteiger partial charge >= 0.3 is 0 Å². The number of nitrogens with two attached hydrogens (primary N) is 1. The van der Waals surface area contributed by atoms with Crippen molar-refractivity contribution in [3.05, 3.63) is 23.0 Å². The lowest BCUT2D eigenvalue weighted by Gasteiger charge is -2.10. The van der Waals surface area contributed by atoms with Crippen LogP contribution in [-0.2, 0) is 0 Å². The van der Waals surface area contributed by atoms with E-state index in [0.29, 0.717) is 10.8 Å². The van der Waals surface area contributed by atoms with E-state index in [0.717, 1.165) is 5.56 Å². The van der Waals surface area contributed by atoms with Crippen LogP contribution in [0.3, 0.4) is 0 Å². The number of nitrogen functional groups attached to an aromatic ring is 1. The molecular formula is C8H12ClN3. The van der Waals surface area contributed by atoms with E-state index in [4.69, 9.17) is 17.3 Å². The molecule has 0 spiro atoms. The van der Waals surface area contributed by atoms with Crippen molar-refractivity contribution in [3.63, 3.8) is 0 Å². The fourth-order valence-corrected chi connectivity index (χ4v) is 0.989. The first-order valence-electron chi connectivity index (χ1n) is 3.73. The quantitative estimate of drug-likeness (QED) is 0.689. The van der Waals surface area contributed by atoms with Gasteiger partial charge in [-0.15, -0.1) is 0 Å². The maximum atomic E-state index is 5.67. The minimum atomic E-state index is 0.247. The second-order valence-electron chi connectivity index (χ2n) is 2.66. The summed E-state index contributed by atoms with van der Waals surface area (Å²) < 4.78 is 0. The van der Waals surface area contributed by atoms with E-state index in [1.54, 1.807) is 6.20 Å². The first-order chi connectivity index (χ1) is 5.65. The molecule has 0 amide bonds. The standard InChI is InChI=1S/C8H12ClN3/c1-5(11-2)6-3-7(10)8(9)12-4-6/h3-5,11H,10H2,1-2H3/t5-/m0/s1. The number of nitrogens with one attached hydrogen (secondary N) is 1. The topological polar surface area (TPSA) is 50.9 Å². The molecule has 1 aromatic heterocycles. The molecule has 3 N–H and O–H groups in total. The van der Waals surface area contributed by atoms with Crippen LogP contribution in [0.1, 0.15) is 18.5 Å². The lowest BCUT2D eigenvalue weighted by molar-refractivity contribution is 0.650. The minimum absolute atomic E-state index is 0.247. The number of halogens is 1. The summed E-state index contributed by atoms with van der Waals surface area (Å²) in [6.07, 6.45) is 1.72. The van der Waals surface area contributed by atoms with Crippen molar-refractivity contribution in [1.29, 1.82) is 0 Å². The van der Waals surface area contributed by atoms with E-state index in [2.05, 4.69) is 10.3 Å². The molecule has 0 aliphatic rings. The zero-order chi connectivity index (χ0) is 9.14. The van der Waals surface area contributed by atoms with Crippen LogP contribution in [0.15, 0.2) is 12.3 Å². The van der Waals surface area contributed by atoms with Crippen molar-refractivity contribution < 1.29 is 0 Å². The smallest absolute Gasteiger partial charge is 0.151 e. The zero-order valence-corrected chi connectivity index (χ0v) is 7.89. The van der Waals surface area contributed by atoms with E-state index in [1.807, 2.05) is 20.0 Å².